The molecule has 0 atom stereocenters. The Bertz CT molecular complexity index is 789. The number of hydrogen-bond donors (Lipinski definition) is 2. The van der Waals surface area contributed by atoms with E-state index in [4.69, 9.17) is 5.14 Å². The summed E-state index contributed by atoms with van der Waals surface area (Å²) in [6.07, 6.45) is 0. The SMILES string of the molecule is NS(=O)(=O)c1cccc(NC(=O)c2c(F)cccc2Br)c1. The Morgan fingerprint density at radius 1 is 1.19 bits per heavy atom. The molecule has 0 unspecified atom stereocenters. The molecule has 5 nitrogen and oxygen atoms in total. The van der Waals surface area contributed by atoms with Gasteiger partial charge in [-0.05, 0) is 46.3 Å². The molecule has 0 fully saturated rings. The monoisotopic (exact) mass is 372 g/mol. The summed E-state index contributed by atoms with van der Waals surface area (Å²) in [5, 5.41) is 7.43. The molecule has 0 spiro atoms. The van der Waals surface area contributed by atoms with Gasteiger partial charge in [-0.15, -0.1) is 0 Å². The van der Waals surface area contributed by atoms with Crippen molar-refractivity contribution in [3.63, 3.8) is 0 Å². The molecule has 8 heteroatoms. The number of hydrogen-bond acceptors (Lipinski definition) is 3. The van der Waals surface area contributed by atoms with Crippen molar-refractivity contribution in [3.05, 3.63) is 58.3 Å². The van der Waals surface area contributed by atoms with Crippen molar-refractivity contribution >= 4 is 37.5 Å². The van der Waals surface area contributed by atoms with Crippen LogP contribution in [-0.2, 0) is 10.0 Å². The van der Waals surface area contributed by atoms with Gasteiger partial charge >= 0.3 is 0 Å². The molecule has 0 radical (unpaired) electrons. The van der Waals surface area contributed by atoms with Gasteiger partial charge in [-0.2, -0.15) is 0 Å². The fraction of sp³-hybridized carbons (Fsp3) is 0. The van der Waals surface area contributed by atoms with Gasteiger partial charge in [0.25, 0.3) is 5.91 Å². The van der Waals surface area contributed by atoms with Gasteiger partial charge in [0.1, 0.15) is 5.82 Å². The molecule has 0 saturated heterocycles. The Balaban J connectivity index is 2.33. The number of rotatable bonds is 3. The smallest absolute Gasteiger partial charge is 0.259 e. The Morgan fingerprint density at radius 3 is 2.48 bits per heavy atom. The molecule has 0 aliphatic carbocycles. The fourth-order valence-electron chi connectivity index (χ4n) is 1.66. The molecule has 0 heterocycles. The number of primary sulfonamides is 1. The van der Waals surface area contributed by atoms with Gasteiger partial charge in [0.2, 0.25) is 10.0 Å². The molecule has 0 bridgehead atoms. The highest BCUT2D eigenvalue weighted by molar-refractivity contribution is 9.10. The molecule has 0 aliphatic rings. The summed E-state index contributed by atoms with van der Waals surface area (Å²) < 4.78 is 36.5. The van der Waals surface area contributed by atoms with Gasteiger partial charge in [-0.25, -0.2) is 17.9 Å². The third-order valence-corrected chi connectivity index (χ3v) is 4.18. The molecular formula is C13H10BrFN2O3S. The average molecular weight is 373 g/mol. The summed E-state index contributed by atoms with van der Waals surface area (Å²) >= 11 is 3.09. The predicted octanol–water partition coefficient (Wildman–Crippen LogP) is 2.49. The van der Waals surface area contributed by atoms with Crippen molar-refractivity contribution in [2.75, 3.05) is 5.32 Å². The lowest BCUT2D eigenvalue weighted by Gasteiger charge is -2.08. The fourth-order valence-corrected chi connectivity index (χ4v) is 2.74. The minimum absolute atomic E-state index is 0.145. The zero-order chi connectivity index (χ0) is 15.6. The quantitative estimate of drug-likeness (QED) is 0.866. The van der Waals surface area contributed by atoms with E-state index in [9.17, 15) is 17.6 Å². The number of benzene rings is 2. The molecule has 0 aromatic heterocycles. The van der Waals surface area contributed by atoms with Gasteiger partial charge in [0.05, 0.1) is 10.5 Å². The molecular weight excluding hydrogens is 363 g/mol. The number of anilines is 1. The van der Waals surface area contributed by atoms with Gasteiger partial charge in [-0.3, -0.25) is 4.79 Å². The van der Waals surface area contributed by atoms with Crippen molar-refractivity contribution in [1.82, 2.24) is 0 Å². The lowest BCUT2D eigenvalue weighted by atomic mass is 10.2. The minimum atomic E-state index is -3.88. The van der Waals surface area contributed by atoms with E-state index in [0.717, 1.165) is 6.07 Å². The highest BCUT2D eigenvalue weighted by Crippen LogP contribution is 2.22. The van der Waals surface area contributed by atoms with Gasteiger partial charge in [0, 0.05) is 10.2 Å². The maximum atomic E-state index is 13.7. The number of carbonyl (C=O) groups excluding carboxylic acids is 1. The van der Waals surface area contributed by atoms with Crippen molar-refractivity contribution in [2.45, 2.75) is 4.90 Å². The second-order valence-corrected chi connectivity index (χ2v) is 6.54. The highest BCUT2D eigenvalue weighted by Gasteiger charge is 2.16. The van der Waals surface area contributed by atoms with Crippen LogP contribution in [0.3, 0.4) is 0 Å². The summed E-state index contributed by atoms with van der Waals surface area (Å²) in [5.41, 5.74) is 0.0280. The molecule has 2 rings (SSSR count). The van der Waals surface area contributed by atoms with E-state index in [1.807, 2.05) is 0 Å². The Labute approximate surface area is 129 Å². The summed E-state index contributed by atoms with van der Waals surface area (Å²) in [4.78, 5) is 11.9. The second kappa shape index (κ2) is 5.92. The normalized spacial score (nSPS) is 11.2. The molecule has 0 aliphatic heterocycles. The zero-order valence-corrected chi connectivity index (χ0v) is 12.9. The van der Waals surface area contributed by atoms with Crippen molar-refractivity contribution < 1.29 is 17.6 Å². The Morgan fingerprint density at radius 2 is 1.86 bits per heavy atom. The molecule has 110 valence electrons. The van der Waals surface area contributed by atoms with E-state index in [1.54, 1.807) is 0 Å². The largest absolute Gasteiger partial charge is 0.322 e. The second-order valence-electron chi connectivity index (χ2n) is 4.12. The van der Waals surface area contributed by atoms with Crippen LogP contribution in [0.4, 0.5) is 10.1 Å². The Hall–Kier alpha value is -1.77. The minimum Gasteiger partial charge on any atom is -0.322 e. The van der Waals surface area contributed by atoms with Gasteiger partial charge < -0.3 is 5.32 Å². The molecule has 3 N–H and O–H groups in total. The van der Waals surface area contributed by atoms with Crippen LogP contribution in [0, 0.1) is 5.82 Å². The van der Waals surface area contributed by atoms with E-state index in [-0.39, 0.29) is 16.1 Å². The third kappa shape index (κ3) is 3.66. The molecule has 2 aromatic carbocycles. The van der Waals surface area contributed by atoms with Crippen LogP contribution in [0.2, 0.25) is 0 Å². The Kier molecular flexibility index (Phi) is 4.40. The molecule has 1 amide bonds. The highest BCUT2D eigenvalue weighted by atomic mass is 79.9. The average Bonchev–Trinajstić information content (AvgIpc) is 2.37. The van der Waals surface area contributed by atoms with E-state index in [2.05, 4.69) is 21.2 Å². The van der Waals surface area contributed by atoms with Crippen molar-refractivity contribution in [3.8, 4) is 0 Å². The van der Waals surface area contributed by atoms with E-state index in [0.29, 0.717) is 4.47 Å². The maximum absolute atomic E-state index is 13.7. The van der Waals surface area contributed by atoms with E-state index in [1.165, 1.54) is 36.4 Å². The summed E-state index contributed by atoms with van der Waals surface area (Å²) in [6.45, 7) is 0. The first-order valence-electron chi connectivity index (χ1n) is 5.67. The van der Waals surface area contributed by atoms with Crippen LogP contribution in [0.5, 0.6) is 0 Å². The lowest BCUT2D eigenvalue weighted by Crippen LogP contribution is -2.16. The molecule has 2 aromatic rings. The lowest BCUT2D eigenvalue weighted by molar-refractivity contribution is 0.102. The number of halogens is 2. The van der Waals surface area contributed by atoms with Crippen LogP contribution >= 0.6 is 15.9 Å². The van der Waals surface area contributed by atoms with Crippen LogP contribution in [0.1, 0.15) is 10.4 Å². The summed E-state index contributed by atoms with van der Waals surface area (Å²) in [7, 11) is -3.88. The number of nitrogens with two attached hydrogens (primary N) is 1. The van der Waals surface area contributed by atoms with E-state index < -0.39 is 21.7 Å². The van der Waals surface area contributed by atoms with Gasteiger partial charge in [-0.1, -0.05) is 12.1 Å². The van der Waals surface area contributed by atoms with Crippen LogP contribution < -0.4 is 10.5 Å². The first-order chi connectivity index (χ1) is 9.79. The van der Waals surface area contributed by atoms with Crippen LogP contribution in [0.15, 0.2) is 51.8 Å². The number of nitrogens with one attached hydrogen (secondary N) is 1. The number of carbonyl (C=O) groups is 1. The number of sulfonamides is 1. The summed E-state index contributed by atoms with van der Waals surface area (Å²) in [6, 6.07) is 9.52. The predicted molar refractivity (Wildman–Crippen MR) is 79.9 cm³/mol. The van der Waals surface area contributed by atoms with Gasteiger partial charge in [0.15, 0.2) is 0 Å². The molecule has 21 heavy (non-hydrogen) atoms. The van der Waals surface area contributed by atoms with Crippen molar-refractivity contribution in [1.29, 1.82) is 0 Å². The standard InChI is InChI=1S/C13H10BrFN2O3S/c14-10-5-2-6-11(15)12(10)13(18)17-8-3-1-4-9(7-8)21(16,19)20/h1-7H,(H,17,18)(H2,16,19,20). The zero-order valence-electron chi connectivity index (χ0n) is 10.5. The maximum Gasteiger partial charge on any atom is 0.259 e. The summed E-state index contributed by atoms with van der Waals surface area (Å²) in [5.74, 6) is -1.39. The molecule has 0 saturated carbocycles. The number of amides is 1. The third-order valence-electron chi connectivity index (χ3n) is 2.61. The first kappa shape index (κ1) is 15.6. The first-order valence-corrected chi connectivity index (χ1v) is 8.01. The van der Waals surface area contributed by atoms with Crippen LogP contribution in [-0.4, -0.2) is 14.3 Å². The van der Waals surface area contributed by atoms with E-state index >= 15 is 0 Å². The van der Waals surface area contributed by atoms with Crippen LogP contribution in [0.25, 0.3) is 0 Å². The topological polar surface area (TPSA) is 89.3 Å². The van der Waals surface area contributed by atoms with Crippen molar-refractivity contribution in [2.24, 2.45) is 5.14 Å².